The van der Waals surface area contributed by atoms with E-state index in [-0.39, 0.29) is 17.8 Å². The summed E-state index contributed by atoms with van der Waals surface area (Å²) in [5, 5.41) is 8.55. The lowest BCUT2D eigenvalue weighted by atomic mass is 10.6. The molecule has 1 unspecified atom stereocenters. The van der Waals surface area contributed by atoms with Crippen LogP contribution in [0.2, 0.25) is 0 Å². The Morgan fingerprint density at radius 3 is 2.07 bits per heavy atom. The highest BCUT2D eigenvalue weighted by Gasteiger charge is 2.17. The lowest BCUT2D eigenvalue weighted by Crippen LogP contribution is -2.06. The van der Waals surface area contributed by atoms with E-state index in [2.05, 4.69) is 19.8 Å². The molecular formula is C6H8N3O4PS. The van der Waals surface area contributed by atoms with Gasteiger partial charge in [0.05, 0.1) is 14.2 Å². The average Bonchev–Trinajstić information content (AvgIpc) is 2.30. The van der Waals surface area contributed by atoms with Crippen LogP contribution in [-0.4, -0.2) is 34.4 Å². The molecule has 0 bridgehead atoms. The molecule has 15 heavy (non-hydrogen) atoms. The van der Waals surface area contributed by atoms with E-state index in [4.69, 9.17) is 26.5 Å². The molecule has 7 nitrogen and oxygen atoms in total. The topological polar surface area (TPSA) is 86.6 Å². The smallest absolute Gasteiger partial charge is 0.322 e. The van der Waals surface area contributed by atoms with Gasteiger partial charge in [-0.05, 0) is 0 Å². The van der Waals surface area contributed by atoms with Gasteiger partial charge in [-0.3, -0.25) is 5.26 Å². The van der Waals surface area contributed by atoms with Crippen LogP contribution in [0.1, 0.15) is 11.7 Å². The van der Waals surface area contributed by atoms with Crippen molar-refractivity contribution in [2.45, 2.75) is 5.85 Å². The van der Waals surface area contributed by atoms with Gasteiger partial charge < -0.3 is 9.47 Å². The summed E-state index contributed by atoms with van der Waals surface area (Å²) >= 11 is 4.72. The van der Waals surface area contributed by atoms with Crippen molar-refractivity contribution >= 4 is 19.2 Å². The standard InChI is InChI=1S/C6H8N3O4PS/c1-11-5-7-3(4(13-10)14-15)8-6(9-5)12-2/h4,10H,1-2H3. The number of methoxy groups -OCH3 is 2. The van der Waals surface area contributed by atoms with Gasteiger partial charge >= 0.3 is 12.0 Å². The van der Waals surface area contributed by atoms with E-state index in [1.54, 1.807) is 0 Å². The minimum atomic E-state index is -0.828. The summed E-state index contributed by atoms with van der Waals surface area (Å²) in [5.41, 5.74) is 0. The zero-order valence-electron chi connectivity index (χ0n) is 7.95. The van der Waals surface area contributed by atoms with Crippen LogP contribution in [0.3, 0.4) is 0 Å². The van der Waals surface area contributed by atoms with Crippen molar-refractivity contribution in [3.8, 4) is 12.0 Å². The second kappa shape index (κ2) is 5.82. The summed E-state index contributed by atoms with van der Waals surface area (Å²) in [7, 11) is 3.14. The van der Waals surface area contributed by atoms with Crippen LogP contribution in [-0.2, 0) is 16.7 Å². The van der Waals surface area contributed by atoms with Gasteiger partial charge in [-0.2, -0.15) is 9.97 Å². The molecule has 0 aromatic carbocycles. The second-order valence-electron chi connectivity index (χ2n) is 2.23. The van der Waals surface area contributed by atoms with Crippen LogP contribution in [0.25, 0.3) is 0 Å². The van der Waals surface area contributed by atoms with Gasteiger partial charge in [-0.1, -0.05) is 11.8 Å². The number of aromatic nitrogens is 3. The molecule has 9 heteroatoms. The summed E-state index contributed by atoms with van der Waals surface area (Å²) in [6, 6.07) is 0.134. The van der Waals surface area contributed by atoms with E-state index in [1.807, 2.05) is 0 Å². The van der Waals surface area contributed by atoms with Crippen molar-refractivity contribution in [3.63, 3.8) is 0 Å². The molecule has 1 atom stereocenters. The lowest BCUT2D eigenvalue weighted by Gasteiger charge is -2.07. The van der Waals surface area contributed by atoms with Gasteiger partial charge in [0.2, 0.25) is 5.85 Å². The molecule has 1 aromatic heterocycles. The molecule has 0 radical (unpaired) electrons. The van der Waals surface area contributed by atoms with Crippen LogP contribution in [0.15, 0.2) is 0 Å². The van der Waals surface area contributed by atoms with Crippen molar-refractivity contribution in [2.24, 2.45) is 0 Å². The first-order valence-corrected chi connectivity index (χ1v) is 5.69. The summed E-state index contributed by atoms with van der Waals surface area (Å²) < 4.78 is 9.64. The van der Waals surface area contributed by atoms with E-state index in [0.717, 1.165) is 0 Å². The van der Waals surface area contributed by atoms with E-state index >= 15 is 0 Å². The molecule has 0 aliphatic heterocycles. The Bertz CT molecular complexity index is 331. The molecule has 1 N–H and O–H groups in total. The number of hydrogen-bond donors (Lipinski definition) is 1. The number of rotatable bonds is 5. The Kier molecular flexibility index (Phi) is 4.70. The van der Waals surface area contributed by atoms with Gasteiger partial charge in [0.25, 0.3) is 0 Å². The minimum Gasteiger partial charge on any atom is -0.467 e. The van der Waals surface area contributed by atoms with E-state index in [1.165, 1.54) is 14.2 Å². The van der Waals surface area contributed by atoms with Crippen molar-refractivity contribution in [2.75, 3.05) is 14.2 Å². The highest BCUT2D eigenvalue weighted by Crippen LogP contribution is 2.26. The maximum Gasteiger partial charge on any atom is 0.322 e. The monoisotopic (exact) mass is 249 g/mol. The Hall–Kier alpha value is -0.950. The van der Waals surface area contributed by atoms with E-state index < -0.39 is 5.85 Å². The predicted molar refractivity (Wildman–Crippen MR) is 53.7 cm³/mol. The Morgan fingerprint density at radius 1 is 1.20 bits per heavy atom. The predicted octanol–water partition coefficient (Wildman–Crippen LogP) is 0.785. The van der Waals surface area contributed by atoms with Crippen molar-refractivity contribution in [1.29, 1.82) is 0 Å². The van der Waals surface area contributed by atoms with Crippen LogP contribution in [0.4, 0.5) is 0 Å². The molecule has 0 aliphatic rings. The summed E-state index contributed by atoms with van der Waals surface area (Å²) in [4.78, 5) is 15.6. The number of nitrogens with zero attached hydrogens (tertiary/aromatic N) is 3. The molecular weight excluding hydrogens is 241 g/mol. The van der Waals surface area contributed by atoms with Gasteiger partial charge in [0.15, 0.2) is 5.82 Å². The summed E-state index contributed by atoms with van der Waals surface area (Å²) in [5.74, 6) is -0.677. The van der Waals surface area contributed by atoms with Crippen LogP contribution in [0.5, 0.6) is 12.0 Å². The highest BCUT2D eigenvalue weighted by molar-refractivity contribution is 7.96. The quantitative estimate of drug-likeness (QED) is 0.465. The average molecular weight is 249 g/mol. The molecule has 1 heterocycles. The molecule has 0 fully saturated rings. The largest absolute Gasteiger partial charge is 0.467 e. The first kappa shape index (κ1) is 12.1. The minimum absolute atomic E-state index is 0.0672. The van der Waals surface area contributed by atoms with Crippen molar-refractivity contribution < 1.29 is 19.6 Å². The molecule has 82 valence electrons. The number of ether oxygens (including phenoxy) is 2. The van der Waals surface area contributed by atoms with E-state index in [9.17, 15) is 0 Å². The third kappa shape index (κ3) is 3.00. The maximum atomic E-state index is 8.55. The van der Waals surface area contributed by atoms with E-state index in [0.29, 0.717) is 7.36 Å². The molecule has 1 aromatic rings. The first-order valence-electron chi connectivity index (χ1n) is 3.71. The SMILES string of the molecule is COc1nc(OC)nc(C(OO)P=S)n1. The first-order chi connectivity index (χ1) is 7.24. The Balaban J connectivity index is 3.10. The van der Waals surface area contributed by atoms with Gasteiger partial charge in [-0.15, -0.1) is 4.98 Å². The fraction of sp³-hybridized carbons (Fsp3) is 0.500. The van der Waals surface area contributed by atoms with Crippen LogP contribution >= 0.6 is 7.36 Å². The van der Waals surface area contributed by atoms with Crippen LogP contribution < -0.4 is 9.47 Å². The highest BCUT2D eigenvalue weighted by atomic mass is 32.4. The second-order valence-corrected chi connectivity index (χ2v) is 3.54. The number of hydrogen-bond acceptors (Lipinski definition) is 8. The van der Waals surface area contributed by atoms with Crippen LogP contribution in [0, 0.1) is 0 Å². The Labute approximate surface area is 92.2 Å². The summed E-state index contributed by atoms with van der Waals surface area (Å²) in [6.45, 7) is 0. The fourth-order valence-corrected chi connectivity index (χ4v) is 1.41. The zero-order valence-corrected chi connectivity index (χ0v) is 9.66. The molecule has 0 saturated carbocycles. The normalized spacial score (nSPS) is 12.5. The van der Waals surface area contributed by atoms with Crippen molar-refractivity contribution in [1.82, 2.24) is 15.0 Å². The fourth-order valence-electron chi connectivity index (χ4n) is 0.759. The van der Waals surface area contributed by atoms with Gasteiger partial charge in [-0.25, -0.2) is 4.89 Å². The van der Waals surface area contributed by atoms with Gasteiger partial charge in [0.1, 0.15) is 0 Å². The molecule has 0 aliphatic carbocycles. The lowest BCUT2D eigenvalue weighted by molar-refractivity contribution is -0.258. The van der Waals surface area contributed by atoms with Gasteiger partial charge in [0, 0.05) is 7.36 Å². The Morgan fingerprint density at radius 2 is 1.73 bits per heavy atom. The summed E-state index contributed by atoms with van der Waals surface area (Å²) in [6.07, 6.45) is 0. The third-order valence-electron chi connectivity index (χ3n) is 1.39. The molecule has 0 amide bonds. The molecule has 0 spiro atoms. The van der Waals surface area contributed by atoms with Crippen molar-refractivity contribution in [3.05, 3.63) is 5.82 Å². The molecule has 0 saturated heterocycles. The maximum absolute atomic E-state index is 8.55. The molecule has 1 rings (SSSR count). The zero-order chi connectivity index (χ0) is 11.3. The third-order valence-corrected chi connectivity index (χ3v) is 2.48.